The van der Waals surface area contributed by atoms with Gasteiger partial charge in [0.1, 0.15) is 6.61 Å². The van der Waals surface area contributed by atoms with Crippen LogP contribution >= 0.6 is 0 Å². The number of rotatable bonds is 5. The summed E-state index contributed by atoms with van der Waals surface area (Å²) in [6.45, 7) is 6.02. The second kappa shape index (κ2) is 7.25. The van der Waals surface area contributed by atoms with Crippen molar-refractivity contribution in [2.45, 2.75) is 32.2 Å². The van der Waals surface area contributed by atoms with Gasteiger partial charge in [0.2, 0.25) is 5.91 Å². The van der Waals surface area contributed by atoms with Crippen LogP contribution in [0.2, 0.25) is 0 Å². The van der Waals surface area contributed by atoms with E-state index in [4.69, 9.17) is 4.74 Å². The van der Waals surface area contributed by atoms with Crippen molar-refractivity contribution < 1.29 is 9.53 Å². The molecule has 25 heavy (non-hydrogen) atoms. The summed E-state index contributed by atoms with van der Waals surface area (Å²) in [4.78, 5) is 28.3. The van der Waals surface area contributed by atoms with E-state index in [-0.39, 0.29) is 18.1 Å². The number of carbonyl (C=O) groups is 1. The average molecular weight is 346 g/mol. The maximum atomic E-state index is 12.2. The van der Waals surface area contributed by atoms with Gasteiger partial charge >= 0.3 is 0 Å². The number of amides is 1. The van der Waals surface area contributed by atoms with Gasteiger partial charge in [0.05, 0.1) is 12.2 Å². The number of likely N-dealkylation sites (tertiary alicyclic amines) is 1. The van der Waals surface area contributed by atoms with E-state index in [0.717, 1.165) is 69.7 Å². The maximum absolute atomic E-state index is 12.2. The van der Waals surface area contributed by atoms with Crippen LogP contribution in [-0.4, -0.2) is 71.4 Å². The maximum Gasteiger partial charge on any atom is 0.267 e. The lowest BCUT2D eigenvalue weighted by Gasteiger charge is -2.40. The SMILES string of the molecule is O=C1COCCCN1CCN1CC(Cn2nc3c(cc2=O)CCC3)C1. The van der Waals surface area contributed by atoms with Gasteiger partial charge < -0.3 is 14.5 Å². The first-order valence-electron chi connectivity index (χ1n) is 9.37. The Labute approximate surface area is 147 Å². The van der Waals surface area contributed by atoms with E-state index >= 15 is 0 Å². The Bertz CT molecular complexity index is 696. The fourth-order valence-corrected chi connectivity index (χ4v) is 4.02. The van der Waals surface area contributed by atoms with E-state index in [1.807, 2.05) is 4.90 Å². The molecule has 136 valence electrons. The molecular formula is C18H26N4O3. The normalized spacial score (nSPS) is 21.9. The second-order valence-corrected chi connectivity index (χ2v) is 7.40. The highest BCUT2D eigenvalue weighted by atomic mass is 16.5. The second-order valence-electron chi connectivity index (χ2n) is 7.40. The number of nitrogens with zero attached hydrogens (tertiary/aromatic N) is 4. The molecule has 2 fully saturated rings. The van der Waals surface area contributed by atoms with Crippen LogP contribution in [0, 0.1) is 5.92 Å². The summed E-state index contributed by atoms with van der Waals surface area (Å²) < 4.78 is 6.92. The Morgan fingerprint density at radius 2 is 2.04 bits per heavy atom. The summed E-state index contributed by atoms with van der Waals surface area (Å²) in [5.74, 6) is 0.580. The van der Waals surface area contributed by atoms with E-state index in [0.29, 0.717) is 19.1 Å². The molecule has 2 saturated heterocycles. The minimum Gasteiger partial charge on any atom is -0.372 e. The number of fused-ring (bicyclic) bond motifs is 1. The first-order chi connectivity index (χ1) is 12.2. The van der Waals surface area contributed by atoms with Crippen molar-refractivity contribution in [1.29, 1.82) is 0 Å². The molecule has 3 heterocycles. The lowest BCUT2D eigenvalue weighted by molar-refractivity contribution is -0.134. The molecule has 1 aliphatic carbocycles. The summed E-state index contributed by atoms with van der Waals surface area (Å²) in [6, 6.07) is 1.78. The smallest absolute Gasteiger partial charge is 0.267 e. The molecule has 0 bridgehead atoms. The minimum atomic E-state index is 0.0364. The van der Waals surface area contributed by atoms with Crippen LogP contribution in [0.1, 0.15) is 24.1 Å². The zero-order valence-corrected chi connectivity index (χ0v) is 14.7. The molecule has 0 saturated carbocycles. The number of hydrogen-bond acceptors (Lipinski definition) is 5. The van der Waals surface area contributed by atoms with E-state index in [2.05, 4.69) is 10.00 Å². The molecule has 1 amide bonds. The highest BCUT2D eigenvalue weighted by Crippen LogP contribution is 2.19. The Morgan fingerprint density at radius 1 is 1.16 bits per heavy atom. The molecule has 0 N–H and O–H groups in total. The van der Waals surface area contributed by atoms with Gasteiger partial charge in [-0.15, -0.1) is 0 Å². The standard InChI is InChI=1S/C18H26N4O3/c23-17-9-15-3-1-4-16(15)19-22(17)12-14-10-20(11-14)6-7-21-5-2-8-25-13-18(21)24/h9,14H,1-8,10-13H2. The Morgan fingerprint density at radius 3 is 2.92 bits per heavy atom. The van der Waals surface area contributed by atoms with Gasteiger partial charge in [0.15, 0.2) is 0 Å². The highest BCUT2D eigenvalue weighted by molar-refractivity contribution is 5.77. The van der Waals surface area contributed by atoms with Crippen molar-refractivity contribution >= 4 is 5.91 Å². The molecule has 1 aromatic rings. The van der Waals surface area contributed by atoms with E-state index in [9.17, 15) is 9.59 Å². The quantitative estimate of drug-likeness (QED) is 0.746. The summed E-state index contributed by atoms with van der Waals surface area (Å²) in [6.07, 6.45) is 4.03. The Kier molecular flexibility index (Phi) is 4.85. The fraction of sp³-hybridized carbons (Fsp3) is 0.722. The number of aryl methyl sites for hydroxylation is 2. The van der Waals surface area contributed by atoms with Gasteiger partial charge in [-0.05, 0) is 31.2 Å². The Balaban J connectivity index is 1.24. The molecule has 7 nitrogen and oxygen atoms in total. The number of ether oxygens (including phenoxy) is 1. The van der Waals surface area contributed by atoms with Crippen molar-refractivity contribution in [3.05, 3.63) is 27.7 Å². The monoisotopic (exact) mass is 346 g/mol. The summed E-state index contributed by atoms with van der Waals surface area (Å²) >= 11 is 0. The van der Waals surface area contributed by atoms with Crippen LogP contribution in [0.3, 0.4) is 0 Å². The number of hydrogen-bond donors (Lipinski definition) is 0. The average Bonchev–Trinajstić information content (AvgIpc) is 2.90. The first-order valence-corrected chi connectivity index (χ1v) is 9.37. The van der Waals surface area contributed by atoms with Gasteiger partial charge in [-0.1, -0.05) is 0 Å². The predicted molar refractivity (Wildman–Crippen MR) is 92.5 cm³/mol. The van der Waals surface area contributed by atoms with E-state index in [1.54, 1.807) is 10.7 Å². The van der Waals surface area contributed by atoms with Crippen molar-refractivity contribution in [2.24, 2.45) is 5.92 Å². The van der Waals surface area contributed by atoms with Gasteiger partial charge in [0.25, 0.3) is 5.56 Å². The highest BCUT2D eigenvalue weighted by Gasteiger charge is 2.29. The van der Waals surface area contributed by atoms with Crippen LogP contribution in [0.4, 0.5) is 0 Å². The third-order valence-electron chi connectivity index (χ3n) is 5.47. The van der Waals surface area contributed by atoms with Crippen LogP contribution in [0.25, 0.3) is 0 Å². The summed E-state index contributed by atoms with van der Waals surface area (Å²) in [7, 11) is 0. The van der Waals surface area contributed by atoms with Crippen molar-refractivity contribution in [3.8, 4) is 0 Å². The van der Waals surface area contributed by atoms with Gasteiger partial charge in [-0.2, -0.15) is 5.10 Å². The largest absolute Gasteiger partial charge is 0.372 e. The summed E-state index contributed by atoms with van der Waals surface area (Å²) in [5.41, 5.74) is 2.29. The predicted octanol–water partition coefficient (Wildman–Crippen LogP) is -0.0873. The van der Waals surface area contributed by atoms with Gasteiger partial charge in [-0.25, -0.2) is 4.68 Å². The number of aromatic nitrogens is 2. The van der Waals surface area contributed by atoms with Crippen LogP contribution < -0.4 is 5.56 Å². The molecule has 7 heteroatoms. The molecule has 1 aromatic heterocycles. The lowest BCUT2D eigenvalue weighted by Crippen LogP contribution is -2.52. The molecular weight excluding hydrogens is 320 g/mol. The molecule has 2 aliphatic heterocycles. The molecule has 4 rings (SSSR count). The third kappa shape index (κ3) is 3.77. The Hall–Kier alpha value is -1.73. The van der Waals surface area contributed by atoms with Crippen molar-refractivity contribution in [2.75, 3.05) is 45.9 Å². The molecule has 0 unspecified atom stereocenters. The van der Waals surface area contributed by atoms with Gasteiger partial charge in [0, 0.05) is 51.3 Å². The fourth-order valence-electron chi connectivity index (χ4n) is 4.02. The molecule has 3 aliphatic rings. The minimum absolute atomic E-state index is 0.0364. The van der Waals surface area contributed by atoms with E-state index < -0.39 is 0 Å². The first kappa shape index (κ1) is 16.7. The zero-order valence-electron chi connectivity index (χ0n) is 14.7. The van der Waals surface area contributed by atoms with Crippen molar-refractivity contribution in [1.82, 2.24) is 19.6 Å². The molecule has 0 aromatic carbocycles. The van der Waals surface area contributed by atoms with Gasteiger partial charge in [-0.3, -0.25) is 9.59 Å². The van der Waals surface area contributed by atoms with Crippen molar-refractivity contribution in [3.63, 3.8) is 0 Å². The van der Waals surface area contributed by atoms with Crippen LogP contribution in [0.5, 0.6) is 0 Å². The van der Waals surface area contributed by atoms with Crippen LogP contribution in [-0.2, 0) is 28.9 Å². The lowest BCUT2D eigenvalue weighted by atomic mass is 10.0. The van der Waals surface area contributed by atoms with Crippen LogP contribution in [0.15, 0.2) is 10.9 Å². The molecule has 0 radical (unpaired) electrons. The topological polar surface area (TPSA) is 67.7 Å². The van der Waals surface area contributed by atoms with E-state index in [1.165, 1.54) is 0 Å². The summed E-state index contributed by atoms with van der Waals surface area (Å²) in [5, 5.41) is 4.56. The third-order valence-corrected chi connectivity index (χ3v) is 5.47. The molecule has 0 atom stereocenters. The zero-order chi connectivity index (χ0) is 17.2. The molecule has 0 spiro atoms. The number of carbonyl (C=O) groups excluding carboxylic acids is 1.